The number of rotatable bonds is 2. The second kappa shape index (κ2) is 6.01. The summed E-state index contributed by atoms with van der Waals surface area (Å²) in [5.74, 6) is 0.0975. The average molecular weight is 249 g/mol. The summed E-state index contributed by atoms with van der Waals surface area (Å²) in [5.41, 5.74) is 1.75. The normalized spacial score (nSPS) is 16.7. The number of fused-ring (bicyclic) bond motifs is 1. The lowest BCUT2D eigenvalue weighted by Gasteiger charge is -2.38. The summed E-state index contributed by atoms with van der Waals surface area (Å²) in [6.07, 6.45) is 0.768. The van der Waals surface area contributed by atoms with Crippen molar-refractivity contribution in [2.75, 3.05) is 18.1 Å². The molecular weight excluding hydrogens is 226 g/mol. The van der Waals surface area contributed by atoms with Crippen LogP contribution in [0.3, 0.4) is 0 Å². The predicted molar refractivity (Wildman–Crippen MR) is 74.7 cm³/mol. The molecule has 0 spiro atoms. The van der Waals surface area contributed by atoms with Gasteiger partial charge in [0.25, 0.3) is 0 Å². The molecule has 0 radical (unpaired) electrons. The molecule has 0 saturated heterocycles. The molecule has 0 atom stereocenters. The number of amides is 1. The Bertz CT molecular complexity index is 413. The fraction of sp³-hybridized carbons (Fsp3) is 0.533. The SMILES string of the molecule is CC.CC1(C)Cc2ccccc2N(CCO)C1=O. The van der Waals surface area contributed by atoms with Crippen molar-refractivity contribution < 1.29 is 9.90 Å². The van der Waals surface area contributed by atoms with Crippen LogP contribution in [0, 0.1) is 5.41 Å². The molecular formula is C15H23NO2. The van der Waals surface area contributed by atoms with Crippen molar-refractivity contribution in [3.05, 3.63) is 29.8 Å². The van der Waals surface area contributed by atoms with Crippen molar-refractivity contribution in [1.29, 1.82) is 0 Å². The Hall–Kier alpha value is -1.35. The molecule has 3 nitrogen and oxygen atoms in total. The van der Waals surface area contributed by atoms with E-state index in [0.29, 0.717) is 6.54 Å². The van der Waals surface area contributed by atoms with Crippen molar-refractivity contribution in [2.45, 2.75) is 34.1 Å². The molecule has 0 unspecified atom stereocenters. The molecule has 2 rings (SSSR count). The highest BCUT2D eigenvalue weighted by molar-refractivity contribution is 6.00. The van der Waals surface area contributed by atoms with Gasteiger partial charge in [0.2, 0.25) is 5.91 Å². The van der Waals surface area contributed by atoms with Gasteiger partial charge in [-0.25, -0.2) is 0 Å². The number of anilines is 1. The Balaban J connectivity index is 0.000000771. The summed E-state index contributed by atoms with van der Waals surface area (Å²) in [6.45, 7) is 8.28. The fourth-order valence-electron chi connectivity index (χ4n) is 2.27. The van der Waals surface area contributed by atoms with Gasteiger partial charge in [0, 0.05) is 17.6 Å². The van der Waals surface area contributed by atoms with Gasteiger partial charge in [-0.15, -0.1) is 0 Å². The van der Waals surface area contributed by atoms with E-state index in [1.165, 1.54) is 5.56 Å². The van der Waals surface area contributed by atoms with E-state index in [1.54, 1.807) is 4.90 Å². The smallest absolute Gasteiger partial charge is 0.233 e. The number of aliphatic hydroxyl groups excluding tert-OH is 1. The van der Waals surface area contributed by atoms with E-state index in [4.69, 9.17) is 5.11 Å². The van der Waals surface area contributed by atoms with Crippen LogP contribution in [0.2, 0.25) is 0 Å². The summed E-state index contributed by atoms with van der Waals surface area (Å²) in [7, 11) is 0. The van der Waals surface area contributed by atoms with Crippen LogP contribution in [0.15, 0.2) is 24.3 Å². The van der Waals surface area contributed by atoms with Gasteiger partial charge in [0.05, 0.1) is 6.61 Å². The molecule has 0 saturated carbocycles. The molecule has 0 fully saturated rings. The number of β-amino-alcohol motifs (C(OH)–C–C–N with tert-alkyl or cyclic N) is 1. The van der Waals surface area contributed by atoms with E-state index in [1.807, 2.05) is 52.0 Å². The highest BCUT2D eigenvalue weighted by Gasteiger charge is 2.38. The summed E-state index contributed by atoms with van der Waals surface area (Å²) in [5, 5.41) is 9.04. The standard InChI is InChI=1S/C13H17NO2.C2H6/c1-13(2)9-10-5-3-4-6-11(10)14(7-8-15)12(13)16;1-2/h3-6,15H,7-9H2,1-2H3;1-2H3. The molecule has 100 valence electrons. The number of benzene rings is 1. The molecule has 1 heterocycles. The highest BCUT2D eigenvalue weighted by Crippen LogP contribution is 2.36. The molecule has 3 heteroatoms. The molecule has 1 aromatic rings. The Morgan fingerprint density at radius 2 is 1.89 bits per heavy atom. The van der Waals surface area contributed by atoms with Crippen LogP contribution in [0.5, 0.6) is 0 Å². The highest BCUT2D eigenvalue weighted by atomic mass is 16.3. The third-order valence-electron chi connectivity index (χ3n) is 3.06. The molecule has 1 aromatic carbocycles. The second-order valence-electron chi connectivity index (χ2n) is 4.87. The third kappa shape index (κ3) is 2.72. The molecule has 0 aromatic heterocycles. The maximum Gasteiger partial charge on any atom is 0.233 e. The van der Waals surface area contributed by atoms with Crippen molar-refractivity contribution in [3.8, 4) is 0 Å². The minimum absolute atomic E-state index is 0.00382. The predicted octanol–water partition coefficient (Wildman–Crippen LogP) is 2.62. The van der Waals surface area contributed by atoms with Gasteiger partial charge in [-0.2, -0.15) is 0 Å². The summed E-state index contributed by atoms with van der Waals surface area (Å²) >= 11 is 0. The lowest BCUT2D eigenvalue weighted by atomic mass is 9.80. The molecule has 0 aliphatic carbocycles. The van der Waals surface area contributed by atoms with Crippen molar-refractivity contribution in [3.63, 3.8) is 0 Å². The first kappa shape index (κ1) is 14.7. The lowest BCUT2D eigenvalue weighted by molar-refractivity contribution is -0.127. The van der Waals surface area contributed by atoms with Crippen molar-refractivity contribution in [2.24, 2.45) is 5.41 Å². The number of para-hydroxylation sites is 1. The van der Waals surface area contributed by atoms with E-state index in [0.717, 1.165) is 12.1 Å². The van der Waals surface area contributed by atoms with Gasteiger partial charge in [-0.05, 0) is 18.1 Å². The minimum Gasteiger partial charge on any atom is -0.395 e. The van der Waals surface area contributed by atoms with E-state index in [-0.39, 0.29) is 17.9 Å². The minimum atomic E-state index is -0.372. The molecule has 0 bridgehead atoms. The van der Waals surface area contributed by atoms with E-state index >= 15 is 0 Å². The van der Waals surface area contributed by atoms with Crippen LogP contribution in [-0.2, 0) is 11.2 Å². The van der Waals surface area contributed by atoms with Crippen LogP contribution in [0.4, 0.5) is 5.69 Å². The number of carbonyl (C=O) groups excluding carboxylic acids is 1. The zero-order chi connectivity index (χ0) is 13.8. The molecule has 18 heavy (non-hydrogen) atoms. The number of hydrogen-bond acceptors (Lipinski definition) is 2. The molecule has 1 amide bonds. The van der Waals surface area contributed by atoms with Crippen LogP contribution < -0.4 is 4.90 Å². The van der Waals surface area contributed by atoms with Crippen LogP contribution in [-0.4, -0.2) is 24.2 Å². The van der Waals surface area contributed by atoms with Crippen LogP contribution in [0.25, 0.3) is 0 Å². The van der Waals surface area contributed by atoms with E-state index in [9.17, 15) is 4.79 Å². The summed E-state index contributed by atoms with van der Waals surface area (Å²) in [4.78, 5) is 13.9. The van der Waals surface area contributed by atoms with Crippen molar-refractivity contribution >= 4 is 11.6 Å². The average Bonchev–Trinajstić information content (AvgIpc) is 2.37. The Morgan fingerprint density at radius 1 is 1.28 bits per heavy atom. The number of aliphatic hydroxyl groups is 1. The largest absolute Gasteiger partial charge is 0.395 e. The Kier molecular flexibility index (Phi) is 4.91. The second-order valence-corrected chi connectivity index (χ2v) is 4.87. The van der Waals surface area contributed by atoms with E-state index in [2.05, 4.69) is 0 Å². The maximum absolute atomic E-state index is 12.2. The van der Waals surface area contributed by atoms with Gasteiger partial charge in [-0.3, -0.25) is 4.79 Å². The first-order chi connectivity index (χ1) is 8.56. The molecule has 1 aliphatic heterocycles. The van der Waals surface area contributed by atoms with Gasteiger partial charge in [0.1, 0.15) is 0 Å². The van der Waals surface area contributed by atoms with Crippen LogP contribution in [0.1, 0.15) is 33.3 Å². The lowest BCUT2D eigenvalue weighted by Crippen LogP contribution is -2.47. The fourth-order valence-corrected chi connectivity index (χ4v) is 2.27. The molecule has 1 aliphatic rings. The topological polar surface area (TPSA) is 40.5 Å². The Morgan fingerprint density at radius 3 is 2.50 bits per heavy atom. The zero-order valence-electron chi connectivity index (χ0n) is 11.7. The van der Waals surface area contributed by atoms with Crippen LogP contribution >= 0.6 is 0 Å². The van der Waals surface area contributed by atoms with E-state index < -0.39 is 0 Å². The number of hydrogen-bond donors (Lipinski definition) is 1. The Labute approximate surface area is 109 Å². The first-order valence-electron chi connectivity index (χ1n) is 6.57. The summed E-state index contributed by atoms with van der Waals surface area (Å²) in [6, 6.07) is 7.91. The third-order valence-corrected chi connectivity index (χ3v) is 3.06. The zero-order valence-corrected chi connectivity index (χ0v) is 11.7. The van der Waals surface area contributed by atoms with Gasteiger partial charge in [-0.1, -0.05) is 45.9 Å². The summed E-state index contributed by atoms with van der Waals surface area (Å²) < 4.78 is 0. The first-order valence-corrected chi connectivity index (χ1v) is 6.57. The number of nitrogens with zero attached hydrogens (tertiary/aromatic N) is 1. The van der Waals surface area contributed by atoms with Gasteiger partial charge >= 0.3 is 0 Å². The van der Waals surface area contributed by atoms with Gasteiger partial charge in [0.15, 0.2) is 0 Å². The van der Waals surface area contributed by atoms with Crippen molar-refractivity contribution in [1.82, 2.24) is 0 Å². The number of carbonyl (C=O) groups is 1. The molecule has 1 N–H and O–H groups in total. The van der Waals surface area contributed by atoms with Gasteiger partial charge < -0.3 is 10.0 Å². The monoisotopic (exact) mass is 249 g/mol. The quantitative estimate of drug-likeness (QED) is 0.875. The maximum atomic E-state index is 12.2.